The SMILES string of the molecule is COc1ccccc1CC(=O)Nc1ccc(C#N)cc1F. The van der Waals surface area contributed by atoms with E-state index in [1.165, 1.54) is 19.2 Å². The highest BCUT2D eigenvalue weighted by atomic mass is 19.1. The van der Waals surface area contributed by atoms with Crippen molar-refractivity contribution in [2.75, 3.05) is 12.4 Å². The Balaban J connectivity index is 2.10. The molecule has 0 aromatic heterocycles. The molecular weight excluding hydrogens is 271 g/mol. The summed E-state index contributed by atoms with van der Waals surface area (Å²) in [6, 6.07) is 12.9. The molecule has 2 rings (SSSR count). The van der Waals surface area contributed by atoms with Crippen LogP contribution in [0.5, 0.6) is 5.75 Å². The number of anilines is 1. The maximum absolute atomic E-state index is 13.7. The zero-order valence-corrected chi connectivity index (χ0v) is 11.4. The van der Waals surface area contributed by atoms with Crippen LogP contribution in [0.25, 0.3) is 0 Å². The van der Waals surface area contributed by atoms with E-state index in [0.717, 1.165) is 6.07 Å². The Morgan fingerprint density at radius 3 is 2.76 bits per heavy atom. The molecule has 0 bridgehead atoms. The Bertz CT molecular complexity index is 708. The van der Waals surface area contributed by atoms with Gasteiger partial charge in [-0.1, -0.05) is 18.2 Å². The van der Waals surface area contributed by atoms with Gasteiger partial charge in [-0.15, -0.1) is 0 Å². The number of methoxy groups -OCH3 is 1. The van der Waals surface area contributed by atoms with E-state index in [0.29, 0.717) is 11.3 Å². The zero-order valence-electron chi connectivity index (χ0n) is 11.4. The summed E-state index contributed by atoms with van der Waals surface area (Å²) in [5, 5.41) is 11.2. The topological polar surface area (TPSA) is 62.1 Å². The van der Waals surface area contributed by atoms with Gasteiger partial charge in [-0.2, -0.15) is 5.26 Å². The van der Waals surface area contributed by atoms with Crippen LogP contribution in [-0.4, -0.2) is 13.0 Å². The fourth-order valence-electron chi connectivity index (χ4n) is 1.90. The molecule has 106 valence electrons. The molecule has 0 radical (unpaired) electrons. The van der Waals surface area contributed by atoms with Gasteiger partial charge >= 0.3 is 0 Å². The van der Waals surface area contributed by atoms with E-state index in [1.54, 1.807) is 24.3 Å². The quantitative estimate of drug-likeness (QED) is 0.939. The summed E-state index contributed by atoms with van der Waals surface area (Å²) >= 11 is 0. The lowest BCUT2D eigenvalue weighted by molar-refractivity contribution is -0.115. The average Bonchev–Trinajstić information content (AvgIpc) is 2.49. The van der Waals surface area contributed by atoms with E-state index in [4.69, 9.17) is 10.00 Å². The first-order valence-corrected chi connectivity index (χ1v) is 6.25. The molecule has 2 aromatic carbocycles. The third kappa shape index (κ3) is 3.57. The summed E-state index contributed by atoms with van der Waals surface area (Å²) in [6.07, 6.45) is 0.0729. The fraction of sp³-hybridized carbons (Fsp3) is 0.125. The molecule has 0 unspecified atom stereocenters. The van der Waals surface area contributed by atoms with Crippen LogP contribution in [0.15, 0.2) is 42.5 Å². The van der Waals surface area contributed by atoms with Crippen LogP contribution >= 0.6 is 0 Å². The molecule has 0 aliphatic rings. The molecule has 0 atom stereocenters. The predicted molar refractivity (Wildman–Crippen MR) is 76.4 cm³/mol. The number of nitriles is 1. The monoisotopic (exact) mass is 284 g/mol. The lowest BCUT2D eigenvalue weighted by atomic mass is 10.1. The normalized spacial score (nSPS) is 9.76. The van der Waals surface area contributed by atoms with Crippen LogP contribution in [0.1, 0.15) is 11.1 Å². The molecule has 1 amide bonds. The zero-order chi connectivity index (χ0) is 15.2. The summed E-state index contributed by atoms with van der Waals surface area (Å²) < 4.78 is 18.9. The minimum atomic E-state index is -0.637. The van der Waals surface area contributed by atoms with Crippen molar-refractivity contribution in [3.05, 3.63) is 59.4 Å². The molecule has 0 heterocycles. The van der Waals surface area contributed by atoms with Gasteiger partial charge < -0.3 is 10.1 Å². The number of benzene rings is 2. The number of nitrogens with one attached hydrogen (secondary N) is 1. The van der Waals surface area contributed by atoms with Gasteiger partial charge in [0.05, 0.1) is 30.9 Å². The van der Waals surface area contributed by atoms with Crippen molar-refractivity contribution < 1.29 is 13.9 Å². The molecule has 21 heavy (non-hydrogen) atoms. The standard InChI is InChI=1S/C16H13FN2O2/c1-21-15-5-3-2-4-12(15)9-16(20)19-14-7-6-11(10-18)8-13(14)17/h2-8H,9H2,1H3,(H,19,20). The Hall–Kier alpha value is -2.87. The highest BCUT2D eigenvalue weighted by Crippen LogP contribution is 2.19. The Morgan fingerprint density at radius 2 is 2.10 bits per heavy atom. The second-order valence-electron chi connectivity index (χ2n) is 4.34. The molecule has 1 N–H and O–H groups in total. The molecule has 2 aromatic rings. The Kier molecular flexibility index (Phi) is 4.52. The fourth-order valence-corrected chi connectivity index (χ4v) is 1.90. The molecule has 0 aliphatic heterocycles. The van der Waals surface area contributed by atoms with E-state index in [2.05, 4.69) is 5.32 Å². The van der Waals surface area contributed by atoms with E-state index in [9.17, 15) is 9.18 Å². The minimum Gasteiger partial charge on any atom is -0.496 e. The lowest BCUT2D eigenvalue weighted by Crippen LogP contribution is -2.15. The van der Waals surface area contributed by atoms with Gasteiger partial charge in [0.2, 0.25) is 5.91 Å². The molecule has 5 heteroatoms. The van der Waals surface area contributed by atoms with E-state index in [-0.39, 0.29) is 23.6 Å². The summed E-state index contributed by atoms with van der Waals surface area (Å²) in [5.41, 5.74) is 0.968. The van der Waals surface area contributed by atoms with E-state index < -0.39 is 5.82 Å². The predicted octanol–water partition coefficient (Wildman–Crippen LogP) is 2.89. The van der Waals surface area contributed by atoms with Crippen LogP contribution in [0.4, 0.5) is 10.1 Å². The number of halogens is 1. The third-order valence-corrected chi connectivity index (χ3v) is 2.92. The van der Waals surface area contributed by atoms with Crippen LogP contribution in [0.2, 0.25) is 0 Å². The first-order chi connectivity index (χ1) is 10.1. The third-order valence-electron chi connectivity index (χ3n) is 2.92. The van der Waals surface area contributed by atoms with Gasteiger partial charge in [0, 0.05) is 5.56 Å². The van der Waals surface area contributed by atoms with Gasteiger partial charge in [-0.05, 0) is 24.3 Å². The number of ether oxygens (including phenoxy) is 1. The van der Waals surface area contributed by atoms with Gasteiger partial charge in [-0.3, -0.25) is 4.79 Å². The van der Waals surface area contributed by atoms with E-state index >= 15 is 0 Å². The number of amides is 1. The molecule has 0 spiro atoms. The number of para-hydroxylation sites is 1. The van der Waals surface area contributed by atoms with Crippen molar-refractivity contribution in [3.8, 4) is 11.8 Å². The number of nitrogens with zero attached hydrogens (tertiary/aromatic N) is 1. The molecule has 0 fully saturated rings. The van der Waals surface area contributed by atoms with Crippen molar-refractivity contribution in [1.29, 1.82) is 5.26 Å². The van der Waals surface area contributed by atoms with Crippen molar-refractivity contribution >= 4 is 11.6 Å². The molecule has 0 saturated carbocycles. The van der Waals surface area contributed by atoms with Gasteiger partial charge in [0.1, 0.15) is 11.6 Å². The molecule has 4 nitrogen and oxygen atoms in total. The number of hydrogen-bond acceptors (Lipinski definition) is 3. The second-order valence-corrected chi connectivity index (χ2v) is 4.34. The molecular formula is C16H13FN2O2. The van der Waals surface area contributed by atoms with Gasteiger partial charge in [-0.25, -0.2) is 4.39 Å². The largest absolute Gasteiger partial charge is 0.496 e. The summed E-state index contributed by atoms with van der Waals surface area (Å²) in [6.45, 7) is 0. The first-order valence-electron chi connectivity index (χ1n) is 6.25. The van der Waals surface area contributed by atoms with Gasteiger partial charge in [0.25, 0.3) is 0 Å². The van der Waals surface area contributed by atoms with Crippen molar-refractivity contribution in [1.82, 2.24) is 0 Å². The Morgan fingerprint density at radius 1 is 1.33 bits per heavy atom. The van der Waals surface area contributed by atoms with Crippen LogP contribution in [0.3, 0.4) is 0 Å². The highest BCUT2D eigenvalue weighted by molar-refractivity contribution is 5.92. The molecule has 0 saturated heterocycles. The van der Waals surface area contributed by atoms with Gasteiger partial charge in [0.15, 0.2) is 0 Å². The van der Waals surface area contributed by atoms with E-state index in [1.807, 2.05) is 6.07 Å². The summed E-state index contributed by atoms with van der Waals surface area (Å²) in [7, 11) is 1.52. The Labute approximate surface area is 121 Å². The highest BCUT2D eigenvalue weighted by Gasteiger charge is 2.11. The molecule has 0 aliphatic carbocycles. The smallest absolute Gasteiger partial charge is 0.229 e. The first kappa shape index (κ1) is 14.5. The lowest BCUT2D eigenvalue weighted by Gasteiger charge is -2.09. The summed E-state index contributed by atoms with van der Waals surface area (Å²) in [4.78, 5) is 12.0. The van der Waals surface area contributed by atoms with Crippen molar-refractivity contribution in [2.24, 2.45) is 0 Å². The maximum Gasteiger partial charge on any atom is 0.229 e. The maximum atomic E-state index is 13.7. The van der Waals surface area contributed by atoms with Crippen molar-refractivity contribution in [2.45, 2.75) is 6.42 Å². The van der Waals surface area contributed by atoms with Crippen LogP contribution in [0, 0.1) is 17.1 Å². The average molecular weight is 284 g/mol. The van der Waals surface area contributed by atoms with Crippen molar-refractivity contribution in [3.63, 3.8) is 0 Å². The second kappa shape index (κ2) is 6.53. The van der Waals surface area contributed by atoms with Crippen LogP contribution < -0.4 is 10.1 Å². The number of carbonyl (C=O) groups is 1. The number of rotatable bonds is 4. The number of hydrogen-bond donors (Lipinski definition) is 1. The van der Waals surface area contributed by atoms with Crippen LogP contribution in [-0.2, 0) is 11.2 Å². The summed E-state index contributed by atoms with van der Waals surface area (Å²) in [5.74, 6) is -0.390. The number of carbonyl (C=O) groups excluding carboxylic acids is 1. The minimum absolute atomic E-state index is 0.0499.